The van der Waals surface area contributed by atoms with Crippen LogP contribution in [0.3, 0.4) is 0 Å². The Kier molecular flexibility index (Phi) is 5.94. The van der Waals surface area contributed by atoms with Gasteiger partial charge in [0.25, 0.3) is 4.52 Å². The minimum atomic E-state index is -2.37. The molecule has 0 spiro atoms. The van der Waals surface area contributed by atoms with E-state index in [0.717, 1.165) is 0 Å². The number of hydrogen-bond donors (Lipinski definition) is 0. The highest BCUT2D eigenvalue weighted by atomic mass is 35.5. The maximum atomic E-state index is 13.3. The summed E-state index contributed by atoms with van der Waals surface area (Å²) in [5, 5.41) is 0. The molecule has 0 aliphatic heterocycles. The second kappa shape index (κ2) is 7.18. The molecule has 1 aliphatic rings. The van der Waals surface area contributed by atoms with Gasteiger partial charge in [-0.15, -0.1) is 0 Å². The van der Waals surface area contributed by atoms with Crippen LogP contribution < -0.4 is 0 Å². The zero-order chi connectivity index (χ0) is 19.2. The van der Waals surface area contributed by atoms with Crippen LogP contribution in [0.5, 0.6) is 0 Å². The first-order valence-electron chi connectivity index (χ1n) is 7.14. The topological polar surface area (TPSA) is 26.3 Å². The lowest BCUT2D eigenvalue weighted by Crippen LogP contribution is -2.49. The van der Waals surface area contributed by atoms with Crippen molar-refractivity contribution < 1.29 is 22.7 Å². The summed E-state index contributed by atoms with van der Waals surface area (Å²) in [5.74, 6) is -6.06. The van der Waals surface area contributed by atoms with Gasteiger partial charge in [-0.3, -0.25) is 4.79 Å². The Hall–Kier alpha value is -0.620. The number of allylic oxidation sites excluding steroid dienone is 1. The number of alkyl halides is 2. The Morgan fingerprint density at radius 2 is 1.76 bits per heavy atom. The third-order valence-corrected chi connectivity index (χ3v) is 5.35. The molecule has 138 valence electrons. The van der Waals surface area contributed by atoms with Crippen LogP contribution in [0.1, 0.15) is 25.8 Å². The number of esters is 1. The SMILES string of the molecule is CC1(C)C(C=C(Cl)Cl)CC1C(=O)OC(Cl)(Cl)c1cc(F)c(F)c(F)c1. The van der Waals surface area contributed by atoms with Gasteiger partial charge in [0.1, 0.15) is 4.49 Å². The van der Waals surface area contributed by atoms with E-state index in [1.54, 1.807) is 6.08 Å². The quantitative estimate of drug-likeness (QED) is 0.319. The van der Waals surface area contributed by atoms with Gasteiger partial charge in [0.2, 0.25) is 0 Å². The van der Waals surface area contributed by atoms with Crippen molar-refractivity contribution >= 4 is 52.4 Å². The lowest BCUT2D eigenvalue weighted by Gasteiger charge is -2.49. The van der Waals surface area contributed by atoms with Crippen LogP contribution in [0.2, 0.25) is 0 Å². The van der Waals surface area contributed by atoms with Crippen molar-refractivity contribution in [2.24, 2.45) is 17.3 Å². The smallest absolute Gasteiger partial charge is 0.312 e. The predicted octanol–water partition coefficient (Wildman–Crippen LogP) is 6.22. The first-order valence-corrected chi connectivity index (χ1v) is 8.66. The average Bonchev–Trinajstić information content (AvgIpc) is 2.47. The number of carbonyl (C=O) groups excluding carboxylic acids is 1. The summed E-state index contributed by atoms with van der Waals surface area (Å²) in [4.78, 5) is 12.4. The van der Waals surface area contributed by atoms with Crippen molar-refractivity contribution in [3.05, 3.63) is 45.7 Å². The molecule has 25 heavy (non-hydrogen) atoms. The number of carbonyl (C=O) groups is 1. The fraction of sp³-hybridized carbons (Fsp3) is 0.438. The zero-order valence-corrected chi connectivity index (χ0v) is 16.1. The van der Waals surface area contributed by atoms with E-state index in [9.17, 15) is 18.0 Å². The maximum absolute atomic E-state index is 13.3. The van der Waals surface area contributed by atoms with Crippen LogP contribution in [0.25, 0.3) is 0 Å². The van der Waals surface area contributed by atoms with E-state index in [-0.39, 0.29) is 10.4 Å². The molecule has 1 fully saturated rings. The Morgan fingerprint density at radius 1 is 1.24 bits per heavy atom. The van der Waals surface area contributed by atoms with Gasteiger partial charge in [-0.2, -0.15) is 0 Å². The third-order valence-electron chi connectivity index (χ3n) is 4.50. The van der Waals surface area contributed by atoms with Crippen LogP contribution in [0, 0.1) is 34.7 Å². The van der Waals surface area contributed by atoms with Crippen molar-refractivity contribution in [3.8, 4) is 0 Å². The molecule has 2 unspecified atom stereocenters. The van der Waals surface area contributed by atoms with Gasteiger partial charge >= 0.3 is 5.97 Å². The largest absolute Gasteiger partial charge is 0.424 e. The van der Waals surface area contributed by atoms with E-state index in [1.807, 2.05) is 13.8 Å². The first kappa shape index (κ1) is 20.7. The predicted molar refractivity (Wildman–Crippen MR) is 91.0 cm³/mol. The standard InChI is InChI=1S/C16H13Cl4F3O2/c1-15(2)7(6-12(17)18)3-9(15)14(24)25-16(19,20)8-4-10(21)13(23)11(22)5-8/h4-7,9H,3H2,1-2H3. The molecule has 0 radical (unpaired) electrons. The highest BCUT2D eigenvalue weighted by molar-refractivity contribution is 6.55. The van der Waals surface area contributed by atoms with Gasteiger partial charge in [0.05, 0.1) is 5.92 Å². The van der Waals surface area contributed by atoms with Crippen molar-refractivity contribution in [2.45, 2.75) is 24.8 Å². The summed E-state index contributed by atoms with van der Waals surface area (Å²) in [5.41, 5.74) is -0.965. The Labute approximate surface area is 162 Å². The molecule has 1 saturated carbocycles. The average molecular weight is 436 g/mol. The molecule has 0 saturated heterocycles. The number of benzene rings is 1. The van der Waals surface area contributed by atoms with Gasteiger partial charge in [-0.05, 0) is 29.9 Å². The molecular weight excluding hydrogens is 423 g/mol. The Bertz CT molecular complexity index is 707. The lowest BCUT2D eigenvalue weighted by molar-refractivity contribution is -0.167. The Balaban J connectivity index is 2.16. The first-order chi connectivity index (χ1) is 11.4. The molecule has 0 aromatic heterocycles. The van der Waals surface area contributed by atoms with Gasteiger partial charge in [0.15, 0.2) is 17.5 Å². The lowest BCUT2D eigenvalue weighted by atomic mass is 9.55. The van der Waals surface area contributed by atoms with Gasteiger partial charge in [-0.1, -0.05) is 66.3 Å². The van der Waals surface area contributed by atoms with Crippen LogP contribution in [0.15, 0.2) is 22.7 Å². The molecule has 9 heteroatoms. The molecule has 1 aromatic carbocycles. The summed E-state index contributed by atoms with van der Waals surface area (Å²) in [6.07, 6.45) is 2.01. The van der Waals surface area contributed by atoms with Gasteiger partial charge in [-0.25, -0.2) is 13.2 Å². The van der Waals surface area contributed by atoms with Crippen molar-refractivity contribution in [1.29, 1.82) is 0 Å². The summed E-state index contributed by atoms with van der Waals surface area (Å²) in [6.45, 7) is 3.61. The zero-order valence-electron chi connectivity index (χ0n) is 13.1. The molecule has 0 N–H and O–H groups in total. The van der Waals surface area contributed by atoms with Crippen LogP contribution in [-0.4, -0.2) is 5.97 Å². The molecule has 2 rings (SSSR count). The monoisotopic (exact) mass is 434 g/mol. The van der Waals surface area contributed by atoms with Crippen LogP contribution >= 0.6 is 46.4 Å². The molecular formula is C16H13Cl4F3O2. The maximum Gasteiger partial charge on any atom is 0.312 e. The van der Waals surface area contributed by atoms with Crippen molar-refractivity contribution in [2.75, 3.05) is 0 Å². The molecule has 0 bridgehead atoms. The summed E-state index contributed by atoms with van der Waals surface area (Å²) >= 11 is 23.1. The van der Waals surface area contributed by atoms with E-state index in [2.05, 4.69) is 0 Å². The molecule has 0 amide bonds. The summed E-state index contributed by atoms with van der Waals surface area (Å²) in [6, 6.07) is 1.13. The van der Waals surface area contributed by atoms with Crippen LogP contribution in [0.4, 0.5) is 13.2 Å². The second-order valence-electron chi connectivity index (χ2n) is 6.36. The minimum absolute atomic E-state index is 0.0594. The molecule has 2 nitrogen and oxygen atoms in total. The molecule has 0 heterocycles. The minimum Gasteiger partial charge on any atom is -0.424 e. The normalized spacial score (nSPS) is 22.1. The van der Waals surface area contributed by atoms with Crippen molar-refractivity contribution in [3.63, 3.8) is 0 Å². The summed E-state index contributed by atoms with van der Waals surface area (Å²) in [7, 11) is 0. The van der Waals surface area contributed by atoms with Gasteiger partial charge < -0.3 is 4.74 Å². The Morgan fingerprint density at radius 3 is 2.20 bits per heavy atom. The highest BCUT2D eigenvalue weighted by Gasteiger charge is 2.53. The number of rotatable bonds is 4. The van der Waals surface area contributed by atoms with Gasteiger partial charge in [0, 0.05) is 5.56 Å². The number of ether oxygens (including phenoxy) is 1. The summed E-state index contributed by atoms with van der Waals surface area (Å²) < 4.78 is 42.4. The highest BCUT2D eigenvalue weighted by Crippen LogP contribution is 2.54. The van der Waals surface area contributed by atoms with E-state index >= 15 is 0 Å². The van der Waals surface area contributed by atoms with Crippen molar-refractivity contribution in [1.82, 2.24) is 0 Å². The fourth-order valence-corrected chi connectivity index (χ4v) is 3.45. The molecule has 1 aliphatic carbocycles. The van der Waals surface area contributed by atoms with E-state index in [4.69, 9.17) is 51.1 Å². The van der Waals surface area contributed by atoms with E-state index < -0.39 is 44.8 Å². The molecule has 2 atom stereocenters. The second-order valence-corrected chi connectivity index (χ2v) is 8.63. The number of halogens is 7. The number of hydrogen-bond acceptors (Lipinski definition) is 2. The fourth-order valence-electron chi connectivity index (χ4n) is 2.77. The van der Waals surface area contributed by atoms with E-state index in [1.165, 1.54) is 0 Å². The third kappa shape index (κ3) is 4.21. The van der Waals surface area contributed by atoms with Crippen LogP contribution in [-0.2, 0) is 14.1 Å². The molecule has 1 aromatic rings. The van der Waals surface area contributed by atoms with E-state index in [0.29, 0.717) is 18.6 Å².